The van der Waals surface area contributed by atoms with Gasteiger partial charge in [-0.3, -0.25) is 9.36 Å². The smallest absolute Gasteiger partial charge is 0.358 e. The molecule has 2 aromatic rings. The molecule has 8 heteroatoms. The summed E-state index contributed by atoms with van der Waals surface area (Å²) < 4.78 is 1.66. The van der Waals surface area contributed by atoms with E-state index >= 15 is 0 Å². The monoisotopic (exact) mass is 343 g/mol. The van der Waals surface area contributed by atoms with Crippen LogP contribution in [0, 0.1) is 16.0 Å². The van der Waals surface area contributed by atoms with E-state index in [0.717, 1.165) is 5.56 Å². The Morgan fingerprint density at radius 3 is 2.64 bits per heavy atom. The summed E-state index contributed by atoms with van der Waals surface area (Å²) in [4.78, 5) is 28.8. The average molecular weight is 343 g/mol. The molecule has 1 amide bonds. The molecule has 25 heavy (non-hydrogen) atoms. The second kappa shape index (κ2) is 7.33. The Morgan fingerprint density at radius 1 is 1.32 bits per heavy atom. The lowest BCUT2D eigenvalue weighted by Crippen LogP contribution is -2.41. The summed E-state index contributed by atoms with van der Waals surface area (Å²) in [6, 6.07) is 9.79. The molecule has 1 saturated heterocycles. The van der Waals surface area contributed by atoms with E-state index in [1.165, 1.54) is 6.33 Å². The fourth-order valence-electron chi connectivity index (χ4n) is 3.19. The van der Waals surface area contributed by atoms with Crippen LogP contribution in [0.15, 0.2) is 36.7 Å². The molecule has 8 nitrogen and oxygen atoms in total. The van der Waals surface area contributed by atoms with Gasteiger partial charge in [0.05, 0.1) is 0 Å². The molecular weight excluding hydrogens is 322 g/mol. The van der Waals surface area contributed by atoms with Gasteiger partial charge < -0.3 is 20.3 Å². The van der Waals surface area contributed by atoms with Gasteiger partial charge in [-0.15, -0.1) is 0 Å². The van der Waals surface area contributed by atoms with Crippen LogP contribution >= 0.6 is 0 Å². The maximum atomic E-state index is 12.4. The number of benzene rings is 1. The Morgan fingerprint density at radius 2 is 2.00 bits per heavy atom. The number of piperidine rings is 1. The summed E-state index contributed by atoms with van der Waals surface area (Å²) in [6.45, 7) is 1.72. The van der Waals surface area contributed by atoms with Crippen molar-refractivity contribution in [1.29, 1.82) is 0 Å². The van der Waals surface area contributed by atoms with Crippen LogP contribution in [0.2, 0.25) is 0 Å². The van der Waals surface area contributed by atoms with Crippen molar-refractivity contribution in [2.75, 3.05) is 18.0 Å². The van der Waals surface area contributed by atoms with E-state index in [0.29, 0.717) is 38.3 Å². The van der Waals surface area contributed by atoms with E-state index in [-0.39, 0.29) is 17.6 Å². The summed E-state index contributed by atoms with van der Waals surface area (Å²) in [5.74, 6) is 0.359. The maximum absolute atomic E-state index is 12.4. The number of nitrogens with zero attached hydrogens (tertiary/aromatic N) is 4. The number of anilines is 1. The number of imidazole rings is 1. The number of aryl methyl sites for hydroxylation is 1. The van der Waals surface area contributed by atoms with Gasteiger partial charge in [0.15, 0.2) is 0 Å². The third kappa shape index (κ3) is 3.78. The molecule has 0 bridgehead atoms. The van der Waals surface area contributed by atoms with E-state index < -0.39 is 4.92 Å². The van der Waals surface area contributed by atoms with Gasteiger partial charge in [0.2, 0.25) is 18.1 Å². The molecule has 0 aliphatic carbocycles. The van der Waals surface area contributed by atoms with Gasteiger partial charge in [-0.05, 0) is 28.3 Å². The van der Waals surface area contributed by atoms with Gasteiger partial charge in [0.1, 0.15) is 0 Å². The van der Waals surface area contributed by atoms with E-state index in [1.54, 1.807) is 11.6 Å². The summed E-state index contributed by atoms with van der Waals surface area (Å²) >= 11 is 0. The molecule has 1 fully saturated rings. The normalized spacial score (nSPS) is 15.2. The highest BCUT2D eigenvalue weighted by Crippen LogP contribution is 2.29. The molecule has 0 atom stereocenters. The number of carbonyl (C=O) groups is 1. The van der Waals surface area contributed by atoms with Crippen LogP contribution in [0.3, 0.4) is 0 Å². The number of hydrogen-bond donors (Lipinski definition) is 1. The molecule has 0 radical (unpaired) electrons. The first-order valence-electron chi connectivity index (χ1n) is 8.28. The molecular formula is C17H21N5O3. The number of hydrogen-bond acceptors (Lipinski definition) is 5. The number of carbonyl (C=O) groups excluding carboxylic acids is 1. The molecule has 0 saturated carbocycles. The molecule has 1 N–H and O–H groups in total. The molecule has 132 valence electrons. The molecule has 0 spiro atoms. The lowest BCUT2D eigenvalue weighted by Gasteiger charge is -2.32. The average Bonchev–Trinajstić information content (AvgIpc) is 3.02. The summed E-state index contributed by atoms with van der Waals surface area (Å²) in [6.07, 6.45) is 2.79. The third-order valence-corrected chi connectivity index (χ3v) is 4.54. The Hall–Kier alpha value is -2.90. The summed E-state index contributed by atoms with van der Waals surface area (Å²) in [5, 5.41) is 14.1. The Labute approximate surface area is 145 Å². The van der Waals surface area contributed by atoms with Gasteiger partial charge in [0.25, 0.3) is 0 Å². The number of rotatable bonds is 5. The second-order valence-electron chi connectivity index (χ2n) is 6.22. The highest BCUT2D eigenvalue weighted by molar-refractivity contribution is 5.79. The van der Waals surface area contributed by atoms with Crippen molar-refractivity contribution in [1.82, 2.24) is 14.9 Å². The summed E-state index contributed by atoms with van der Waals surface area (Å²) in [5.41, 5.74) is 1.07. The third-order valence-electron chi connectivity index (χ3n) is 4.54. The molecule has 1 aromatic heterocycles. The minimum atomic E-state index is -0.464. The van der Waals surface area contributed by atoms with Crippen LogP contribution in [0.25, 0.3) is 0 Å². The van der Waals surface area contributed by atoms with Crippen molar-refractivity contribution in [2.24, 2.45) is 13.0 Å². The Kier molecular flexibility index (Phi) is 4.97. The van der Waals surface area contributed by atoms with Gasteiger partial charge in [-0.1, -0.05) is 30.3 Å². The lowest BCUT2D eigenvalue weighted by molar-refractivity contribution is -0.388. The van der Waals surface area contributed by atoms with Crippen LogP contribution in [0.5, 0.6) is 0 Å². The van der Waals surface area contributed by atoms with Gasteiger partial charge in [0, 0.05) is 32.6 Å². The maximum Gasteiger partial charge on any atom is 0.406 e. The molecule has 0 unspecified atom stereocenters. The van der Waals surface area contributed by atoms with Gasteiger partial charge in [-0.25, -0.2) is 0 Å². The van der Waals surface area contributed by atoms with E-state index in [4.69, 9.17) is 0 Å². The zero-order valence-electron chi connectivity index (χ0n) is 14.1. The first-order valence-corrected chi connectivity index (χ1v) is 8.28. The van der Waals surface area contributed by atoms with Crippen molar-refractivity contribution < 1.29 is 9.72 Å². The Bertz CT molecular complexity index is 751. The first-order chi connectivity index (χ1) is 12.1. The largest absolute Gasteiger partial charge is 0.406 e. The van der Waals surface area contributed by atoms with Crippen LogP contribution < -0.4 is 10.2 Å². The molecule has 1 aliphatic heterocycles. The SMILES string of the molecule is Cn1cnc([N+](=O)[O-])c1N1CCC(C(=O)NCc2ccccc2)CC1. The minimum absolute atomic E-state index is 0.0445. The van der Waals surface area contributed by atoms with Crippen molar-refractivity contribution >= 4 is 17.5 Å². The van der Waals surface area contributed by atoms with Crippen LogP contribution in [0.4, 0.5) is 11.6 Å². The predicted molar refractivity (Wildman–Crippen MR) is 93.1 cm³/mol. The Balaban J connectivity index is 1.56. The highest BCUT2D eigenvalue weighted by atomic mass is 16.6. The minimum Gasteiger partial charge on any atom is -0.358 e. The summed E-state index contributed by atoms with van der Waals surface area (Å²) in [7, 11) is 1.74. The number of nitro groups is 1. The van der Waals surface area contributed by atoms with Gasteiger partial charge in [-0.2, -0.15) is 0 Å². The number of aromatic nitrogens is 2. The zero-order valence-corrected chi connectivity index (χ0v) is 14.1. The standard InChI is InChI=1S/C17H21N5O3/c1-20-12-19-15(22(24)25)17(20)21-9-7-14(8-10-21)16(23)18-11-13-5-3-2-4-6-13/h2-6,12,14H,7-11H2,1H3,(H,18,23). The zero-order chi connectivity index (χ0) is 17.8. The predicted octanol–water partition coefficient (Wildman–Crippen LogP) is 1.86. The van der Waals surface area contributed by atoms with Crippen molar-refractivity contribution in [2.45, 2.75) is 19.4 Å². The number of amides is 1. The topological polar surface area (TPSA) is 93.3 Å². The van der Waals surface area contributed by atoms with E-state index in [9.17, 15) is 14.9 Å². The van der Waals surface area contributed by atoms with Crippen molar-refractivity contribution in [3.8, 4) is 0 Å². The fourth-order valence-corrected chi connectivity index (χ4v) is 3.19. The van der Waals surface area contributed by atoms with Crippen molar-refractivity contribution in [3.63, 3.8) is 0 Å². The second-order valence-corrected chi connectivity index (χ2v) is 6.22. The fraction of sp³-hybridized carbons (Fsp3) is 0.412. The van der Waals surface area contributed by atoms with Gasteiger partial charge >= 0.3 is 5.82 Å². The molecule has 1 aromatic carbocycles. The van der Waals surface area contributed by atoms with E-state index in [1.807, 2.05) is 35.2 Å². The molecule has 1 aliphatic rings. The van der Waals surface area contributed by atoms with E-state index in [2.05, 4.69) is 10.3 Å². The quantitative estimate of drug-likeness (QED) is 0.661. The molecule has 3 rings (SSSR count). The lowest BCUT2D eigenvalue weighted by atomic mass is 9.96. The van der Waals surface area contributed by atoms with Crippen LogP contribution in [-0.2, 0) is 18.4 Å². The van der Waals surface area contributed by atoms with Crippen LogP contribution in [-0.4, -0.2) is 33.5 Å². The van der Waals surface area contributed by atoms with Crippen molar-refractivity contribution in [3.05, 3.63) is 52.3 Å². The number of nitrogens with one attached hydrogen (secondary N) is 1. The molecule has 2 heterocycles. The van der Waals surface area contributed by atoms with Crippen LogP contribution in [0.1, 0.15) is 18.4 Å². The first kappa shape index (κ1) is 16.9. The highest BCUT2D eigenvalue weighted by Gasteiger charge is 2.31.